The van der Waals surface area contributed by atoms with Crippen LogP contribution < -0.4 is 5.32 Å². The quantitative estimate of drug-likeness (QED) is 0.773. The third kappa shape index (κ3) is 3.39. The molecule has 0 spiro atoms. The summed E-state index contributed by atoms with van der Waals surface area (Å²) in [5.74, 6) is 1.52. The molecule has 0 amide bonds. The third-order valence-electron chi connectivity index (χ3n) is 4.48. The number of thiazole rings is 1. The van der Waals surface area contributed by atoms with Gasteiger partial charge in [0.05, 0.1) is 5.01 Å². The molecular formula is C18H21N5S. The van der Waals surface area contributed by atoms with Crippen molar-refractivity contribution in [2.45, 2.75) is 19.9 Å². The molecule has 1 aliphatic heterocycles. The molecule has 0 radical (unpaired) electrons. The van der Waals surface area contributed by atoms with Crippen LogP contribution in [0.2, 0.25) is 0 Å². The van der Waals surface area contributed by atoms with E-state index in [1.54, 1.807) is 17.7 Å². The van der Waals surface area contributed by atoms with E-state index >= 15 is 0 Å². The monoisotopic (exact) mass is 339 g/mol. The molecule has 1 aromatic carbocycles. The molecule has 3 heterocycles. The van der Waals surface area contributed by atoms with E-state index in [1.165, 1.54) is 12.0 Å². The van der Waals surface area contributed by atoms with Gasteiger partial charge in [-0.15, -0.1) is 0 Å². The molecule has 1 atom stereocenters. The van der Waals surface area contributed by atoms with Crippen LogP contribution in [0.5, 0.6) is 0 Å². The van der Waals surface area contributed by atoms with E-state index in [0.717, 1.165) is 47.4 Å². The molecule has 4 rings (SSSR count). The number of fused-ring (bicyclic) bond motifs is 1. The largest absolute Gasteiger partial charge is 0.368 e. The third-order valence-corrected chi connectivity index (χ3v) is 5.36. The zero-order chi connectivity index (χ0) is 16.4. The molecule has 1 fully saturated rings. The fourth-order valence-electron chi connectivity index (χ4n) is 3.29. The predicted octanol–water partition coefficient (Wildman–Crippen LogP) is 3.33. The van der Waals surface area contributed by atoms with E-state index in [4.69, 9.17) is 0 Å². The molecule has 1 unspecified atom stereocenters. The van der Waals surface area contributed by atoms with Gasteiger partial charge in [0.2, 0.25) is 0 Å². The van der Waals surface area contributed by atoms with Crippen LogP contribution in [0.15, 0.2) is 36.7 Å². The number of hydrogen-bond acceptors (Lipinski definition) is 6. The van der Waals surface area contributed by atoms with Crippen LogP contribution in [0, 0.1) is 12.8 Å². The van der Waals surface area contributed by atoms with Crippen molar-refractivity contribution in [1.82, 2.24) is 19.9 Å². The molecule has 2 aromatic heterocycles. The maximum absolute atomic E-state index is 4.55. The van der Waals surface area contributed by atoms with Gasteiger partial charge in [-0.3, -0.25) is 4.90 Å². The van der Waals surface area contributed by atoms with Crippen LogP contribution in [0.1, 0.15) is 17.0 Å². The Hall–Kier alpha value is -2.05. The highest BCUT2D eigenvalue weighted by atomic mass is 32.1. The minimum Gasteiger partial charge on any atom is -0.368 e. The van der Waals surface area contributed by atoms with Crippen molar-refractivity contribution in [2.24, 2.45) is 5.92 Å². The van der Waals surface area contributed by atoms with Gasteiger partial charge < -0.3 is 5.32 Å². The summed E-state index contributed by atoms with van der Waals surface area (Å²) in [6, 6.07) is 10.7. The van der Waals surface area contributed by atoms with Crippen LogP contribution >= 0.6 is 11.3 Å². The van der Waals surface area contributed by atoms with Gasteiger partial charge in [-0.05, 0) is 31.4 Å². The lowest BCUT2D eigenvalue weighted by Gasteiger charge is -2.16. The summed E-state index contributed by atoms with van der Waals surface area (Å²) < 4.78 is 0. The molecule has 24 heavy (non-hydrogen) atoms. The summed E-state index contributed by atoms with van der Waals surface area (Å²) in [5.41, 5.74) is 2.29. The normalized spacial score (nSPS) is 18.3. The van der Waals surface area contributed by atoms with Crippen molar-refractivity contribution in [1.29, 1.82) is 0 Å². The number of rotatable bonds is 5. The van der Waals surface area contributed by atoms with Gasteiger partial charge in [-0.25, -0.2) is 15.0 Å². The molecular weight excluding hydrogens is 318 g/mol. The average Bonchev–Trinajstić information content (AvgIpc) is 3.19. The summed E-state index contributed by atoms with van der Waals surface area (Å²) in [5, 5.41) is 4.52. The van der Waals surface area contributed by atoms with E-state index in [2.05, 4.69) is 55.5 Å². The summed E-state index contributed by atoms with van der Waals surface area (Å²) in [4.78, 5) is 16.7. The topological polar surface area (TPSA) is 53.9 Å². The molecule has 0 aliphatic carbocycles. The van der Waals surface area contributed by atoms with Crippen molar-refractivity contribution < 1.29 is 0 Å². The maximum Gasteiger partial charge on any atom is 0.156 e. The lowest BCUT2D eigenvalue weighted by atomic mass is 10.1. The molecule has 6 heteroatoms. The first-order valence-corrected chi connectivity index (χ1v) is 9.18. The number of nitrogens with zero attached hydrogens (tertiary/aromatic N) is 4. The molecule has 1 N–H and O–H groups in total. The molecule has 1 aliphatic rings. The lowest BCUT2D eigenvalue weighted by Crippen LogP contribution is -2.22. The van der Waals surface area contributed by atoms with Crippen LogP contribution in [-0.4, -0.2) is 39.5 Å². The summed E-state index contributed by atoms with van der Waals surface area (Å²) in [6.45, 7) is 6.28. The molecule has 5 nitrogen and oxygen atoms in total. The van der Waals surface area contributed by atoms with Crippen molar-refractivity contribution in [2.75, 3.05) is 25.0 Å². The summed E-state index contributed by atoms with van der Waals surface area (Å²) >= 11 is 1.62. The van der Waals surface area contributed by atoms with E-state index < -0.39 is 0 Å². The highest BCUT2D eigenvalue weighted by Gasteiger charge is 2.22. The highest BCUT2D eigenvalue weighted by Crippen LogP contribution is 2.25. The first-order valence-electron chi connectivity index (χ1n) is 8.36. The number of likely N-dealkylation sites (tertiary alicyclic amines) is 1. The van der Waals surface area contributed by atoms with E-state index in [-0.39, 0.29) is 0 Å². The fraction of sp³-hybridized carbons (Fsp3) is 0.389. The van der Waals surface area contributed by atoms with Gasteiger partial charge in [0.25, 0.3) is 0 Å². The Morgan fingerprint density at radius 2 is 2.12 bits per heavy atom. The molecule has 0 bridgehead atoms. The van der Waals surface area contributed by atoms with Crippen molar-refractivity contribution in [3.8, 4) is 0 Å². The fourth-order valence-corrected chi connectivity index (χ4v) is 4.05. The second-order valence-electron chi connectivity index (χ2n) is 6.37. The van der Waals surface area contributed by atoms with Crippen molar-refractivity contribution >= 4 is 27.5 Å². The Morgan fingerprint density at radius 1 is 1.25 bits per heavy atom. The molecule has 124 valence electrons. The maximum atomic E-state index is 4.55. The van der Waals surface area contributed by atoms with E-state index in [0.29, 0.717) is 5.92 Å². The molecule has 3 aromatic rings. The van der Waals surface area contributed by atoms with Gasteiger partial charge >= 0.3 is 0 Å². The van der Waals surface area contributed by atoms with Crippen molar-refractivity contribution in [3.63, 3.8) is 0 Å². The molecule has 1 saturated heterocycles. The summed E-state index contributed by atoms with van der Waals surface area (Å²) in [6.07, 6.45) is 2.85. The Kier molecular flexibility index (Phi) is 4.40. The smallest absolute Gasteiger partial charge is 0.156 e. The van der Waals surface area contributed by atoms with Gasteiger partial charge in [0.15, 0.2) is 5.82 Å². The van der Waals surface area contributed by atoms with Gasteiger partial charge in [-0.2, -0.15) is 0 Å². The highest BCUT2D eigenvalue weighted by molar-refractivity contribution is 7.18. The number of nitrogens with one attached hydrogen (secondary N) is 1. The van der Waals surface area contributed by atoms with Gasteiger partial charge in [0, 0.05) is 19.6 Å². The Labute approximate surface area is 145 Å². The zero-order valence-corrected chi connectivity index (χ0v) is 14.6. The van der Waals surface area contributed by atoms with Crippen LogP contribution in [0.25, 0.3) is 10.3 Å². The Balaban J connectivity index is 1.35. The van der Waals surface area contributed by atoms with Crippen LogP contribution in [0.3, 0.4) is 0 Å². The number of benzene rings is 1. The van der Waals surface area contributed by atoms with Gasteiger partial charge in [-0.1, -0.05) is 41.7 Å². The molecule has 0 saturated carbocycles. The van der Waals surface area contributed by atoms with E-state index in [9.17, 15) is 0 Å². The average molecular weight is 339 g/mol. The van der Waals surface area contributed by atoms with Gasteiger partial charge in [0.1, 0.15) is 16.7 Å². The Morgan fingerprint density at radius 3 is 3.00 bits per heavy atom. The number of aryl methyl sites for hydroxylation is 1. The summed E-state index contributed by atoms with van der Waals surface area (Å²) in [7, 11) is 0. The second-order valence-corrected chi connectivity index (χ2v) is 7.55. The van der Waals surface area contributed by atoms with E-state index in [1.807, 2.05) is 6.92 Å². The zero-order valence-electron chi connectivity index (χ0n) is 13.8. The SMILES string of the molecule is Cc1nc2c(NCC3CCN(Cc4ccccc4)C3)ncnc2s1. The van der Waals surface area contributed by atoms with Crippen molar-refractivity contribution in [3.05, 3.63) is 47.2 Å². The minimum absolute atomic E-state index is 0.651. The minimum atomic E-state index is 0.651. The first-order chi connectivity index (χ1) is 11.8. The standard InChI is InChI=1S/C18H21N5S/c1-13-22-16-17(20-12-21-18(16)24-13)19-9-15-7-8-23(11-15)10-14-5-3-2-4-6-14/h2-6,12,15H,7-11H2,1H3,(H,19,20,21). The number of hydrogen-bond donors (Lipinski definition) is 1. The second kappa shape index (κ2) is 6.83. The predicted molar refractivity (Wildman–Crippen MR) is 98.3 cm³/mol. The van der Waals surface area contributed by atoms with Crippen LogP contribution in [-0.2, 0) is 6.54 Å². The number of anilines is 1. The lowest BCUT2D eigenvalue weighted by molar-refractivity contribution is 0.319. The first kappa shape index (κ1) is 15.5. The van der Waals surface area contributed by atoms with Crippen LogP contribution in [0.4, 0.5) is 5.82 Å². The Bertz CT molecular complexity index is 817. The number of aromatic nitrogens is 3.